The Balaban J connectivity index is 1.97. The molecule has 0 saturated heterocycles. The zero-order chi connectivity index (χ0) is 12.3. The molecule has 0 unspecified atom stereocenters. The number of aromatic nitrogens is 1. The standard InChI is InChI=1S/C14H18N2S/c1-10-7-14(12(3)17-10)9-16-11(2)13-5-4-6-15-8-13/h4-8,11,16H,9H2,1-3H3/t11-/m1/s1. The van der Waals surface area contributed by atoms with Gasteiger partial charge in [0.2, 0.25) is 0 Å². The Morgan fingerprint density at radius 1 is 1.41 bits per heavy atom. The van der Waals surface area contributed by atoms with Crippen LogP contribution in [-0.4, -0.2) is 4.98 Å². The molecule has 0 bridgehead atoms. The molecule has 2 aromatic heterocycles. The lowest BCUT2D eigenvalue weighted by Crippen LogP contribution is -2.18. The maximum absolute atomic E-state index is 4.14. The minimum atomic E-state index is 0.336. The summed E-state index contributed by atoms with van der Waals surface area (Å²) in [4.78, 5) is 6.94. The maximum atomic E-state index is 4.14. The van der Waals surface area contributed by atoms with E-state index in [9.17, 15) is 0 Å². The highest BCUT2D eigenvalue weighted by Gasteiger charge is 2.07. The van der Waals surface area contributed by atoms with Crippen LogP contribution in [-0.2, 0) is 6.54 Å². The lowest BCUT2D eigenvalue weighted by Gasteiger charge is -2.13. The third-order valence-electron chi connectivity index (χ3n) is 2.93. The molecule has 0 amide bonds. The van der Waals surface area contributed by atoms with E-state index in [1.807, 2.05) is 29.8 Å². The van der Waals surface area contributed by atoms with E-state index >= 15 is 0 Å². The first kappa shape index (κ1) is 12.3. The van der Waals surface area contributed by atoms with Crippen LogP contribution in [0.2, 0.25) is 0 Å². The molecule has 0 aliphatic heterocycles. The van der Waals surface area contributed by atoms with Crippen molar-refractivity contribution in [1.82, 2.24) is 10.3 Å². The Labute approximate surface area is 107 Å². The predicted molar refractivity (Wildman–Crippen MR) is 73.3 cm³/mol. The van der Waals surface area contributed by atoms with Crippen molar-refractivity contribution in [3.8, 4) is 0 Å². The number of rotatable bonds is 4. The summed E-state index contributed by atoms with van der Waals surface area (Å²) < 4.78 is 0. The van der Waals surface area contributed by atoms with Crippen molar-refractivity contribution in [3.05, 3.63) is 51.5 Å². The topological polar surface area (TPSA) is 24.9 Å². The van der Waals surface area contributed by atoms with E-state index < -0.39 is 0 Å². The Hall–Kier alpha value is -1.19. The SMILES string of the molecule is Cc1cc(CN[C@H](C)c2cccnc2)c(C)s1. The summed E-state index contributed by atoms with van der Waals surface area (Å²) in [5.74, 6) is 0. The van der Waals surface area contributed by atoms with E-state index in [-0.39, 0.29) is 0 Å². The molecular weight excluding hydrogens is 228 g/mol. The van der Waals surface area contributed by atoms with Gasteiger partial charge in [-0.15, -0.1) is 11.3 Å². The Kier molecular flexibility index (Phi) is 3.92. The molecule has 0 aliphatic carbocycles. The molecule has 0 radical (unpaired) electrons. The van der Waals surface area contributed by atoms with Crippen molar-refractivity contribution in [1.29, 1.82) is 0 Å². The zero-order valence-electron chi connectivity index (χ0n) is 10.5. The Morgan fingerprint density at radius 2 is 2.24 bits per heavy atom. The molecule has 1 N–H and O–H groups in total. The van der Waals surface area contributed by atoms with Gasteiger partial charge in [0.25, 0.3) is 0 Å². The first-order valence-corrected chi connectivity index (χ1v) is 6.67. The van der Waals surface area contributed by atoms with Crippen LogP contribution in [0.3, 0.4) is 0 Å². The summed E-state index contributed by atoms with van der Waals surface area (Å²) in [7, 11) is 0. The first-order valence-electron chi connectivity index (χ1n) is 5.86. The van der Waals surface area contributed by atoms with Crippen LogP contribution in [0.15, 0.2) is 30.6 Å². The summed E-state index contributed by atoms with van der Waals surface area (Å²) in [6.45, 7) is 7.44. The second-order valence-corrected chi connectivity index (χ2v) is 5.79. The van der Waals surface area contributed by atoms with Gasteiger partial charge in [-0.3, -0.25) is 4.98 Å². The molecule has 3 heteroatoms. The second kappa shape index (κ2) is 5.43. The smallest absolute Gasteiger partial charge is 0.0315 e. The first-order chi connectivity index (χ1) is 8.16. The third kappa shape index (κ3) is 3.14. The summed E-state index contributed by atoms with van der Waals surface area (Å²) >= 11 is 1.86. The van der Waals surface area contributed by atoms with Gasteiger partial charge in [0.1, 0.15) is 0 Å². The quantitative estimate of drug-likeness (QED) is 0.891. The molecule has 0 aliphatic rings. The molecule has 0 fully saturated rings. The molecule has 2 rings (SSSR count). The lowest BCUT2D eigenvalue weighted by atomic mass is 10.1. The lowest BCUT2D eigenvalue weighted by molar-refractivity contribution is 0.572. The average molecular weight is 246 g/mol. The molecule has 2 heterocycles. The van der Waals surface area contributed by atoms with Crippen LogP contribution < -0.4 is 5.32 Å². The minimum Gasteiger partial charge on any atom is -0.306 e. The number of aryl methyl sites for hydroxylation is 2. The van der Waals surface area contributed by atoms with Crippen molar-refractivity contribution in [2.45, 2.75) is 33.4 Å². The molecule has 0 spiro atoms. The normalized spacial score (nSPS) is 12.6. The van der Waals surface area contributed by atoms with Crippen molar-refractivity contribution in [3.63, 3.8) is 0 Å². The van der Waals surface area contributed by atoms with Crippen molar-refractivity contribution in [2.24, 2.45) is 0 Å². The maximum Gasteiger partial charge on any atom is 0.0315 e. The predicted octanol–water partition coefficient (Wildman–Crippen LogP) is 3.61. The summed E-state index contributed by atoms with van der Waals surface area (Å²) in [6.07, 6.45) is 3.73. The molecule has 1 atom stereocenters. The van der Waals surface area contributed by atoms with Crippen LogP contribution in [0.5, 0.6) is 0 Å². The van der Waals surface area contributed by atoms with Gasteiger partial charge in [0, 0.05) is 34.7 Å². The van der Waals surface area contributed by atoms with Crippen molar-refractivity contribution < 1.29 is 0 Å². The van der Waals surface area contributed by atoms with Gasteiger partial charge in [0.15, 0.2) is 0 Å². The molecule has 0 aromatic carbocycles. The number of pyridine rings is 1. The highest BCUT2D eigenvalue weighted by Crippen LogP contribution is 2.21. The van der Waals surface area contributed by atoms with E-state index in [0.717, 1.165) is 6.54 Å². The van der Waals surface area contributed by atoms with Crippen molar-refractivity contribution in [2.75, 3.05) is 0 Å². The summed E-state index contributed by atoms with van der Waals surface area (Å²) in [5.41, 5.74) is 2.64. The molecule has 17 heavy (non-hydrogen) atoms. The summed E-state index contributed by atoms with van der Waals surface area (Å²) in [6, 6.07) is 6.69. The van der Waals surface area contributed by atoms with Crippen LogP contribution in [0.25, 0.3) is 0 Å². The van der Waals surface area contributed by atoms with Crippen LogP contribution >= 0.6 is 11.3 Å². The van der Waals surface area contributed by atoms with Gasteiger partial charge < -0.3 is 5.32 Å². The fraction of sp³-hybridized carbons (Fsp3) is 0.357. The number of hydrogen-bond donors (Lipinski definition) is 1. The van der Waals surface area contributed by atoms with E-state index in [1.165, 1.54) is 20.9 Å². The monoisotopic (exact) mass is 246 g/mol. The number of nitrogens with one attached hydrogen (secondary N) is 1. The number of hydrogen-bond acceptors (Lipinski definition) is 3. The van der Waals surface area contributed by atoms with Crippen LogP contribution in [0, 0.1) is 13.8 Å². The van der Waals surface area contributed by atoms with Gasteiger partial charge in [-0.25, -0.2) is 0 Å². The second-order valence-electron chi connectivity index (χ2n) is 4.33. The number of nitrogens with zero attached hydrogens (tertiary/aromatic N) is 1. The van der Waals surface area contributed by atoms with Gasteiger partial charge in [-0.2, -0.15) is 0 Å². The average Bonchev–Trinajstić information content (AvgIpc) is 2.66. The highest BCUT2D eigenvalue weighted by molar-refractivity contribution is 7.12. The van der Waals surface area contributed by atoms with Gasteiger partial charge in [0.05, 0.1) is 0 Å². The molecule has 2 nitrogen and oxygen atoms in total. The van der Waals surface area contributed by atoms with E-state index in [0.29, 0.717) is 6.04 Å². The zero-order valence-corrected chi connectivity index (χ0v) is 11.3. The van der Waals surface area contributed by atoms with Crippen LogP contribution in [0.4, 0.5) is 0 Å². The van der Waals surface area contributed by atoms with E-state index in [2.05, 4.69) is 43.2 Å². The summed E-state index contributed by atoms with van der Waals surface area (Å²) in [5, 5.41) is 3.54. The largest absolute Gasteiger partial charge is 0.306 e. The highest BCUT2D eigenvalue weighted by atomic mass is 32.1. The van der Waals surface area contributed by atoms with E-state index in [1.54, 1.807) is 0 Å². The Morgan fingerprint density at radius 3 is 2.82 bits per heavy atom. The van der Waals surface area contributed by atoms with Crippen molar-refractivity contribution >= 4 is 11.3 Å². The van der Waals surface area contributed by atoms with Gasteiger partial charge in [-0.05, 0) is 44.0 Å². The minimum absolute atomic E-state index is 0.336. The molecule has 2 aromatic rings. The fourth-order valence-corrected chi connectivity index (χ4v) is 2.82. The van der Waals surface area contributed by atoms with E-state index in [4.69, 9.17) is 0 Å². The molecular formula is C14H18N2S. The Bertz CT molecular complexity index is 476. The number of thiophene rings is 1. The van der Waals surface area contributed by atoms with Gasteiger partial charge >= 0.3 is 0 Å². The fourth-order valence-electron chi connectivity index (χ4n) is 1.87. The van der Waals surface area contributed by atoms with Crippen LogP contribution in [0.1, 0.15) is 33.8 Å². The third-order valence-corrected chi connectivity index (χ3v) is 3.94. The molecule has 0 saturated carbocycles. The van der Waals surface area contributed by atoms with Gasteiger partial charge in [-0.1, -0.05) is 6.07 Å². The molecule has 90 valence electrons.